The molecule has 7 heteroatoms. The normalized spacial score (nSPS) is 12.7. The molecular weight excluding hydrogens is 304 g/mol. The third-order valence-corrected chi connectivity index (χ3v) is 5.95. The topological polar surface area (TPSA) is 79.6 Å². The summed E-state index contributed by atoms with van der Waals surface area (Å²) in [5.41, 5.74) is -0.0124. The van der Waals surface area contributed by atoms with Gasteiger partial charge in [0.15, 0.2) is 0 Å². The number of aryl methyl sites for hydroxylation is 1. The number of furan rings is 1. The van der Waals surface area contributed by atoms with Gasteiger partial charge in [0.2, 0.25) is 5.09 Å². The summed E-state index contributed by atoms with van der Waals surface area (Å²) in [5, 5.41) is 2.81. The van der Waals surface area contributed by atoms with Gasteiger partial charge in [0.1, 0.15) is 5.76 Å². The SMILES string of the molecule is CCC(CC)(CC)NC(=O)c1cc(S(=O)(=O)N(C)C)oc1C. The van der Waals surface area contributed by atoms with Crippen LogP contribution in [-0.4, -0.2) is 38.3 Å². The largest absolute Gasteiger partial charge is 0.448 e. The second kappa shape index (κ2) is 6.83. The van der Waals surface area contributed by atoms with Crippen LogP contribution < -0.4 is 5.32 Å². The molecule has 126 valence electrons. The van der Waals surface area contributed by atoms with Gasteiger partial charge in [-0.05, 0) is 26.2 Å². The molecule has 0 unspecified atom stereocenters. The van der Waals surface area contributed by atoms with E-state index in [0.717, 1.165) is 23.6 Å². The fourth-order valence-corrected chi connectivity index (χ4v) is 3.17. The molecule has 1 amide bonds. The van der Waals surface area contributed by atoms with Crippen LogP contribution in [0.1, 0.15) is 56.2 Å². The van der Waals surface area contributed by atoms with Crippen molar-refractivity contribution in [2.75, 3.05) is 14.1 Å². The third kappa shape index (κ3) is 3.52. The summed E-state index contributed by atoms with van der Waals surface area (Å²) < 4.78 is 30.5. The van der Waals surface area contributed by atoms with E-state index in [1.54, 1.807) is 6.92 Å². The number of sulfonamides is 1. The van der Waals surface area contributed by atoms with Crippen molar-refractivity contribution in [3.8, 4) is 0 Å². The van der Waals surface area contributed by atoms with Crippen molar-refractivity contribution >= 4 is 15.9 Å². The average Bonchev–Trinajstić information content (AvgIpc) is 2.87. The van der Waals surface area contributed by atoms with E-state index in [4.69, 9.17) is 4.42 Å². The van der Waals surface area contributed by atoms with Crippen molar-refractivity contribution in [1.29, 1.82) is 0 Å². The molecule has 0 spiro atoms. The second-order valence-electron chi connectivity index (χ2n) is 5.62. The third-order valence-electron chi connectivity index (χ3n) is 4.28. The van der Waals surface area contributed by atoms with Gasteiger partial charge in [0, 0.05) is 25.7 Å². The van der Waals surface area contributed by atoms with Crippen LogP contribution >= 0.6 is 0 Å². The minimum absolute atomic E-state index is 0.213. The maximum atomic E-state index is 12.5. The lowest BCUT2D eigenvalue weighted by molar-refractivity contribution is 0.0886. The van der Waals surface area contributed by atoms with Crippen LogP contribution in [0.25, 0.3) is 0 Å². The second-order valence-corrected chi connectivity index (χ2v) is 7.70. The first kappa shape index (κ1) is 18.7. The predicted octanol–water partition coefficient (Wildman–Crippen LogP) is 2.54. The molecule has 1 aromatic heterocycles. The zero-order chi connectivity index (χ0) is 17.1. The predicted molar refractivity (Wildman–Crippen MR) is 85.4 cm³/mol. The molecular formula is C15H26N2O4S. The van der Waals surface area contributed by atoms with Crippen LogP contribution in [-0.2, 0) is 10.0 Å². The van der Waals surface area contributed by atoms with Crippen molar-refractivity contribution in [1.82, 2.24) is 9.62 Å². The Balaban J connectivity index is 3.14. The van der Waals surface area contributed by atoms with Gasteiger partial charge in [-0.1, -0.05) is 20.8 Å². The van der Waals surface area contributed by atoms with Crippen molar-refractivity contribution in [3.63, 3.8) is 0 Å². The Labute approximate surface area is 132 Å². The Morgan fingerprint density at radius 2 is 1.73 bits per heavy atom. The van der Waals surface area contributed by atoms with Crippen LogP contribution in [0.15, 0.2) is 15.6 Å². The number of carbonyl (C=O) groups excluding carboxylic acids is 1. The molecule has 0 aliphatic rings. The van der Waals surface area contributed by atoms with E-state index in [0.29, 0.717) is 5.76 Å². The minimum Gasteiger partial charge on any atom is -0.448 e. The highest BCUT2D eigenvalue weighted by Gasteiger charge is 2.30. The molecule has 1 aromatic rings. The quantitative estimate of drug-likeness (QED) is 0.833. The highest BCUT2D eigenvalue weighted by molar-refractivity contribution is 7.88. The van der Waals surface area contributed by atoms with Gasteiger partial charge in [-0.3, -0.25) is 4.79 Å². The van der Waals surface area contributed by atoms with Crippen molar-refractivity contribution in [3.05, 3.63) is 17.4 Å². The lowest BCUT2D eigenvalue weighted by atomic mass is 9.89. The monoisotopic (exact) mass is 330 g/mol. The molecule has 6 nitrogen and oxygen atoms in total. The molecule has 0 aliphatic heterocycles. The lowest BCUT2D eigenvalue weighted by Gasteiger charge is -2.31. The van der Waals surface area contributed by atoms with Gasteiger partial charge >= 0.3 is 0 Å². The first-order chi connectivity index (χ1) is 10.1. The summed E-state index contributed by atoms with van der Waals surface area (Å²) in [4.78, 5) is 12.5. The Bertz CT molecular complexity index is 620. The molecule has 0 bridgehead atoms. The Hall–Kier alpha value is -1.34. The molecule has 0 saturated carbocycles. The smallest absolute Gasteiger partial charge is 0.275 e. The molecule has 22 heavy (non-hydrogen) atoms. The fourth-order valence-electron chi connectivity index (χ4n) is 2.31. The van der Waals surface area contributed by atoms with Crippen molar-refractivity contribution < 1.29 is 17.6 Å². The highest BCUT2D eigenvalue weighted by Crippen LogP contribution is 2.24. The molecule has 0 aromatic carbocycles. The zero-order valence-electron chi connectivity index (χ0n) is 14.2. The lowest BCUT2D eigenvalue weighted by Crippen LogP contribution is -2.47. The number of amides is 1. The average molecular weight is 330 g/mol. The number of hydrogen-bond acceptors (Lipinski definition) is 4. The summed E-state index contributed by atoms with van der Waals surface area (Å²) in [6.07, 6.45) is 2.43. The van der Waals surface area contributed by atoms with E-state index in [1.165, 1.54) is 20.2 Å². The molecule has 1 heterocycles. The van der Waals surface area contributed by atoms with Gasteiger partial charge in [0.25, 0.3) is 15.9 Å². The van der Waals surface area contributed by atoms with Gasteiger partial charge in [-0.15, -0.1) is 0 Å². The van der Waals surface area contributed by atoms with Gasteiger partial charge in [0.05, 0.1) is 5.56 Å². The summed E-state index contributed by atoms with van der Waals surface area (Å²) in [6, 6.07) is 1.30. The van der Waals surface area contributed by atoms with Crippen LogP contribution in [0.2, 0.25) is 0 Å². The number of nitrogens with one attached hydrogen (secondary N) is 1. The summed E-state index contributed by atoms with van der Waals surface area (Å²) in [6.45, 7) is 7.67. The Morgan fingerprint density at radius 3 is 2.14 bits per heavy atom. The molecule has 0 aliphatic carbocycles. The minimum atomic E-state index is -3.69. The van der Waals surface area contributed by atoms with Crippen LogP contribution in [0.3, 0.4) is 0 Å². The van der Waals surface area contributed by atoms with Crippen molar-refractivity contribution in [2.45, 2.75) is 57.6 Å². The summed E-state index contributed by atoms with van der Waals surface area (Å²) >= 11 is 0. The highest BCUT2D eigenvalue weighted by atomic mass is 32.2. The first-order valence-corrected chi connectivity index (χ1v) is 8.93. The zero-order valence-corrected chi connectivity index (χ0v) is 15.0. The van der Waals surface area contributed by atoms with E-state index in [9.17, 15) is 13.2 Å². The van der Waals surface area contributed by atoms with E-state index >= 15 is 0 Å². The summed E-state index contributed by atoms with van der Waals surface area (Å²) in [7, 11) is -0.846. The fraction of sp³-hybridized carbons (Fsp3) is 0.667. The van der Waals surface area contributed by atoms with Crippen LogP contribution in [0.4, 0.5) is 0 Å². The van der Waals surface area contributed by atoms with Crippen molar-refractivity contribution in [2.24, 2.45) is 0 Å². The number of rotatable bonds is 7. The van der Waals surface area contributed by atoms with Gasteiger partial charge < -0.3 is 9.73 Å². The van der Waals surface area contributed by atoms with E-state index in [2.05, 4.69) is 5.32 Å². The van der Waals surface area contributed by atoms with Crippen LogP contribution in [0.5, 0.6) is 0 Å². The molecule has 0 fully saturated rings. The first-order valence-electron chi connectivity index (χ1n) is 7.49. The number of carbonyl (C=O) groups is 1. The number of nitrogens with zero attached hydrogens (tertiary/aromatic N) is 1. The van der Waals surface area contributed by atoms with E-state index in [-0.39, 0.29) is 22.1 Å². The standard InChI is InChI=1S/C15H26N2O4S/c1-7-15(8-2,9-3)16-14(18)12-10-13(21-11(12)4)22(19,20)17(5)6/h10H,7-9H2,1-6H3,(H,16,18). The number of hydrogen-bond donors (Lipinski definition) is 1. The van der Waals surface area contributed by atoms with Gasteiger partial charge in [-0.2, -0.15) is 0 Å². The molecule has 1 N–H and O–H groups in total. The maximum absolute atomic E-state index is 12.5. The van der Waals surface area contributed by atoms with Gasteiger partial charge in [-0.25, -0.2) is 12.7 Å². The molecule has 0 saturated heterocycles. The Kier molecular flexibility index (Phi) is 5.81. The van der Waals surface area contributed by atoms with Crippen LogP contribution in [0, 0.1) is 6.92 Å². The molecule has 1 rings (SSSR count). The Morgan fingerprint density at radius 1 is 1.23 bits per heavy atom. The maximum Gasteiger partial charge on any atom is 0.275 e. The summed E-state index contributed by atoms with van der Waals surface area (Å²) in [5.74, 6) is 0.00198. The van der Waals surface area contributed by atoms with E-state index < -0.39 is 10.0 Å². The van der Waals surface area contributed by atoms with E-state index in [1.807, 2.05) is 20.8 Å². The molecule has 0 radical (unpaired) electrons. The molecule has 0 atom stereocenters.